The number of carbonyl (C=O) groups is 1. The lowest BCUT2D eigenvalue weighted by Gasteiger charge is -2.08. The van der Waals surface area contributed by atoms with Crippen LogP contribution in [0.25, 0.3) is 0 Å². The zero-order valence-corrected chi connectivity index (χ0v) is 11.7. The lowest BCUT2D eigenvalue weighted by molar-refractivity contribution is 0.0521. The number of hydrogen-bond donors (Lipinski definition) is 1. The average Bonchev–Trinajstić information content (AvgIpc) is 2.71. The number of anilines is 1. The van der Waals surface area contributed by atoms with Gasteiger partial charge in [-0.15, -0.1) is 0 Å². The molecule has 2 N–H and O–H groups in total. The minimum absolute atomic E-state index is 0.0249. The van der Waals surface area contributed by atoms with Crippen molar-refractivity contribution in [3.05, 3.63) is 46.9 Å². The van der Waals surface area contributed by atoms with Crippen molar-refractivity contribution >= 4 is 11.8 Å². The maximum Gasteiger partial charge on any atom is 0.360 e. The Kier molecular flexibility index (Phi) is 4.21. The number of esters is 1. The van der Waals surface area contributed by atoms with E-state index < -0.39 is 17.6 Å². The van der Waals surface area contributed by atoms with Crippen LogP contribution in [0.3, 0.4) is 0 Å². The third kappa shape index (κ3) is 3.01. The number of imidazole rings is 1. The fourth-order valence-corrected chi connectivity index (χ4v) is 1.95. The molecule has 0 radical (unpaired) electrons. The van der Waals surface area contributed by atoms with Crippen LogP contribution in [-0.4, -0.2) is 22.1 Å². The Bertz CT molecular complexity index is 683. The van der Waals surface area contributed by atoms with E-state index in [1.54, 1.807) is 18.4 Å². The number of nitrogens with two attached hydrogens (primary N) is 1. The molecular weight excluding hydrogens is 280 g/mol. The summed E-state index contributed by atoms with van der Waals surface area (Å²) in [5.41, 5.74) is 6.42. The number of rotatable bonds is 4. The molecule has 0 aliphatic heterocycles. The zero-order chi connectivity index (χ0) is 15.6. The predicted octanol–water partition coefficient (Wildman–Crippen LogP) is 2.28. The molecule has 0 saturated heterocycles. The summed E-state index contributed by atoms with van der Waals surface area (Å²) in [6.45, 7) is 3.74. The van der Waals surface area contributed by atoms with Crippen molar-refractivity contribution in [3.63, 3.8) is 0 Å². The highest BCUT2D eigenvalue weighted by Crippen LogP contribution is 2.18. The Hall–Kier alpha value is -2.44. The van der Waals surface area contributed by atoms with Gasteiger partial charge in [0.2, 0.25) is 0 Å². The summed E-state index contributed by atoms with van der Waals surface area (Å²) < 4.78 is 32.5. The van der Waals surface area contributed by atoms with E-state index in [0.29, 0.717) is 11.4 Å². The van der Waals surface area contributed by atoms with Crippen LogP contribution in [0.2, 0.25) is 0 Å². The summed E-state index contributed by atoms with van der Waals surface area (Å²) in [7, 11) is 0. The minimum atomic E-state index is -0.936. The van der Waals surface area contributed by atoms with Gasteiger partial charge in [0.1, 0.15) is 11.6 Å². The van der Waals surface area contributed by atoms with Gasteiger partial charge in [0, 0.05) is 0 Å². The molecule has 0 spiro atoms. The first kappa shape index (κ1) is 15.0. The summed E-state index contributed by atoms with van der Waals surface area (Å²) in [4.78, 5) is 15.8. The highest BCUT2D eigenvalue weighted by atomic mass is 19.2. The minimum Gasteiger partial charge on any atom is -0.461 e. The number of benzene rings is 1. The van der Waals surface area contributed by atoms with Gasteiger partial charge in [-0.3, -0.25) is 0 Å². The summed E-state index contributed by atoms with van der Waals surface area (Å²) in [6.07, 6.45) is 0. The number of ether oxygens (including phenoxy) is 1. The molecule has 2 aromatic rings. The van der Waals surface area contributed by atoms with Gasteiger partial charge in [-0.25, -0.2) is 18.6 Å². The first-order valence-corrected chi connectivity index (χ1v) is 6.37. The number of halogens is 2. The Morgan fingerprint density at radius 1 is 1.38 bits per heavy atom. The van der Waals surface area contributed by atoms with Gasteiger partial charge >= 0.3 is 5.97 Å². The van der Waals surface area contributed by atoms with E-state index in [9.17, 15) is 13.6 Å². The van der Waals surface area contributed by atoms with Crippen molar-refractivity contribution in [2.75, 3.05) is 12.3 Å². The van der Waals surface area contributed by atoms with Crippen LogP contribution < -0.4 is 5.73 Å². The quantitative estimate of drug-likeness (QED) is 0.878. The first-order valence-electron chi connectivity index (χ1n) is 6.37. The van der Waals surface area contributed by atoms with Gasteiger partial charge in [-0.05, 0) is 31.5 Å². The molecule has 1 aromatic heterocycles. The topological polar surface area (TPSA) is 70.1 Å². The second kappa shape index (κ2) is 5.90. The molecule has 21 heavy (non-hydrogen) atoms. The van der Waals surface area contributed by atoms with Crippen LogP contribution >= 0.6 is 0 Å². The molecule has 0 fully saturated rings. The number of carbonyl (C=O) groups excluding carboxylic acids is 1. The van der Waals surface area contributed by atoms with E-state index in [-0.39, 0.29) is 24.7 Å². The molecule has 2 rings (SSSR count). The second-order valence-electron chi connectivity index (χ2n) is 4.45. The number of nitrogen functional groups attached to an aromatic ring is 1. The van der Waals surface area contributed by atoms with E-state index >= 15 is 0 Å². The molecule has 0 unspecified atom stereocenters. The number of aromatic nitrogens is 2. The maximum absolute atomic E-state index is 13.2. The van der Waals surface area contributed by atoms with E-state index in [1.807, 2.05) is 0 Å². The van der Waals surface area contributed by atoms with Crippen molar-refractivity contribution in [3.8, 4) is 0 Å². The molecule has 0 aliphatic carbocycles. The fourth-order valence-electron chi connectivity index (χ4n) is 1.95. The van der Waals surface area contributed by atoms with Gasteiger partial charge < -0.3 is 15.0 Å². The van der Waals surface area contributed by atoms with Crippen molar-refractivity contribution in [1.29, 1.82) is 0 Å². The number of hydrogen-bond acceptors (Lipinski definition) is 4. The number of nitrogens with zero attached hydrogens (tertiary/aromatic N) is 2. The van der Waals surface area contributed by atoms with E-state index in [2.05, 4.69) is 4.98 Å². The summed E-state index contributed by atoms with van der Waals surface area (Å²) >= 11 is 0. The normalized spacial score (nSPS) is 10.7. The summed E-state index contributed by atoms with van der Waals surface area (Å²) in [5.74, 6) is -1.84. The fraction of sp³-hybridized carbons (Fsp3) is 0.286. The monoisotopic (exact) mass is 295 g/mol. The van der Waals surface area contributed by atoms with Crippen molar-refractivity contribution in [2.45, 2.75) is 20.4 Å². The van der Waals surface area contributed by atoms with E-state index in [4.69, 9.17) is 10.5 Å². The van der Waals surface area contributed by atoms with Crippen LogP contribution in [0.5, 0.6) is 0 Å². The van der Waals surface area contributed by atoms with Crippen molar-refractivity contribution < 1.29 is 18.3 Å². The molecule has 0 amide bonds. The van der Waals surface area contributed by atoms with Crippen molar-refractivity contribution in [2.24, 2.45) is 0 Å². The molecule has 0 saturated carbocycles. The molecule has 1 aromatic carbocycles. The SMILES string of the molecule is CCOC(=O)c1nc(C)n(Cc2ccc(F)c(F)c2)c1N. The highest BCUT2D eigenvalue weighted by Gasteiger charge is 2.19. The molecule has 0 bridgehead atoms. The third-order valence-electron chi connectivity index (χ3n) is 2.99. The largest absolute Gasteiger partial charge is 0.461 e. The molecular formula is C14H15F2N3O2. The Balaban J connectivity index is 2.32. The summed E-state index contributed by atoms with van der Waals surface area (Å²) in [5, 5.41) is 0. The van der Waals surface area contributed by atoms with Gasteiger partial charge in [0.25, 0.3) is 0 Å². The third-order valence-corrected chi connectivity index (χ3v) is 2.99. The van der Waals surface area contributed by atoms with Crippen LogP contribution in [0.4, 0.5) is 14.6 Å². The van der Waals surface area contributed by atoms with Gasteiger partial charge in [-0.2, -0.15) is 0 Å². The van der Waals surface area contributed by atoms with Crippen molar-refractivity contribution in [1.82, 2.24) is 9.55 Å². The zero-order valence-electron chi connectivity index (χ0n) is 11.7. The van der Waals surface area contributed by atoms with Crippen LogP contribution in [-0.2, 0) is 11.3 Å². The molecule has 112 valence electrons. The van der Waals surface area contributed by atoms with Gasteiger partial charge in [0.15, 0.2) is 17.3 Å². The molecule has 5 nitrogen and oxygen atoms in total. The smallest absolute Gasteiger partial charge is 0.360 e. The Labute approximate surface area is 120 Å². The first-order chi connectivity index (χ1) is 9.93. The van der Waals surface area contributed by atoms with E-state index in [1.165, 1.54) is 6.07 Å². The van der Waals surface area contributed by atoms with Crippen LogP contribution in [0, 0.1) is 18.6 Å². The van der Waals surface area contributed by atoms with Gasteiger partial charge in [0.05, 0.1) is 13.2 Å². The average molecular weight is 295 g/mol. The second-order valence-corrected chi connectivity index (χ2v) is 4.45. The standard InChI is InChI=1S/C14H15F2N3O2/c1-3-21-14(20)12-13(17)19(8(2)18-12)7-9-4-5-10(15)11(16)6-9/h4-6H,3,7,17H2,1-2H3. The van der Waals surface area contributed by atoms with Crippen LogP contribution in [0.1, 0.15) is 28.8 Å². The molecule has 7 heteroatoms. The Morgan fingerprint density at radius 2 is 2.10 bits per heavy atom. The molecule has 0 atom stereocenters. The lowest BCUT2D eigenvalue weighted by Crippen LogP contribution is -2.11. The molecule has 0 aliphatic rings. The molecule has 1 heterocycles. The van der Waals surface area contributed by atoms with Crippen LogP contribution in [0.15, 0.2) is 18.2 Å². The lowest BCUT2D eigenvalue weighted by atomic mass is 10.2. The summed E-state index contributed by atoms with van der Waals surface area (Å²) in [6, 6.07) is 3.57. The highest BCUT2D eigenvalue weighted by molar-refractivity contribution is 5.92. The predicted molar refractivity (Wildman–Crippen MR) is 72.8 cm³/mol. The Morgan fingerprint density at radius 3 is 2.71 bits per heavy atom. The number of aryl methyl sites for hydroxylation is 1. The maximum atomic E-state index is 13.2. The van der Waals surface area contributed by atoms with E-state index in [0.717, 1.165) is 12.1 Å². The van der Waals surface area contributed by atoms with Gasteiger partial charge in [-0.1, -0.05) is 6.07 Å².